The van der Waals surface area contributed by atoms with Crippen LogP contribution in [0.3, 0.4) is 0 Å². The van der Waals surface area contributed by atoms with Gasteiger partial charge in [0.15, 0.2) is 5.82 Å². The van der Waals surface area contributed by atoms with Gasteiger partial charge in [0.1, 0.15) is 6.10 Å². The van der Waals surface area contributed by atoms with Crippen LogP contribution in [0.15, 0.2) is 16.7 Å². The highest BCUT2D eigenvalue weighted by Crippen LogP contribution is 2.26. The first kappa shape index (κ1) is 13.5. The van der Waals surface area contributed by atoms with Gasteiger partial charge in [0, 0.05) is 6.61 Å². The second-order valence-electron chi connectivity index (χ2n) is 4.34. The Morgan fingerprint density at radius 1 is 1.55 bits per heavy atom. The lowest BCUT2D eigenvalue weighted by Gasteiger charge is -2.01. The number of carbonyl (C=O) groups excluding carboxylic acids is 1. The van der Waals surface area contributed by atoms with E-state index in [1.54, 1.807) is 12.1 Å². The Bertz CT molecular complexity index is 607. The molecule has 106 valence electrons. The van der Waals surface area contributed by atoms with E-state index < -0.39 is 0 Å². The molecule has 2 aromatic heterocycles. The molecule has 1 atom stereocenters. The second-order valence-corrected chi connectivity index (χ2v) is 6.05. The lowest BCUT2D eigenvalue weighted by Crippen LogP contribution is -2.22. The molecular weight excluding hydrogens is 302 g/mol. The van der Waals surface area contributed by atoms with Crippen molar-refractivity contribution < 1.29 is 14.1 Å². The number of ether oxygens (including phenoxy) is 1. The Morgan fingerprint density at radius 3 is 3.15 bits per heavy atom. The van der Waals surface area contributed by atoms with Crippen molar-refractivity contribution in [3.8, 4) is 0 Å². The Morgan fingerprint density at radius 2 is 2.45 bits per heavy atom. The molecule has 0 spiro atoms. The van der Waals surface area contributed by atoms with Gasteiger partial charge in [0.25, 0.3) is 11.8 Å². The van der Waals surface area contributed by atoms with Crippen molar-refractivity contribution in [2.75, 3.05) is 6.61 Å². The van der Waals surface area contributed by atoms with Crippen LogP contribution in [0.4, 0.5) is 0 Å². The Labute approximate surface area is 124 Å². The average molecular weight is 314 g/mol. The second kappa shape index (κ2) is 5.90. The third-order valence-corrected chi connectivity index (χ3v) is 4.12. The zero-order valence-corrected chi connectivity index (χ0v) is 12.0. The highest BCUT2D eigenvalue weighted by Gasteiger charge is 2.23. The van der Waals surface area contributed by atoms with Crippen LogP contribution in [0.25, 0.3) is 0 Å². The highest BCUT2D eigenvalue weighted by molar-refractivity contribution is 7.17. The minimum Gasteiger partial charge on any atom is -0.368 e. The number of aromatic nitrogens is 2. The van der Waals surface area contributed by atoms with Gasteiger partial charge < -0.3 is 14.6 Å². The van der Waals surface area contributed by atoms with Crippen molar-refractivity contribution in [2.24, 2.45) is 0 Å². The van der Waals surface area contributed by atoms with E-state index in [2.05, 4.69) is 15.5 Å². The van der Waals surface area contributed by atoms with Crippen molar-refractivity contribution in [2.45, 2.75) is 25.5 Å². The van der Waals surface area contributed by atoms with Crippen LogP contribution in [0.2, 0.25) is 4.34 Å². The predicted octanol–water partition coefficient (Wildman–Crippen LogP) is 2.57. The molecule has 0 bridgehead atoms. The summed E-state index contributed by atoms with van der Waals surface area (Å²) >= 11 is 7.01. The fourth-order valence-electron chi connectivity index (χ4n) is 1.93. The van der Waals surface area contributed by atoms with Gasteiger partial charge in [0.2, 0.25) is 0 Å². The van der Waals surface area contributed by atoms with E-state index in [0.29, 0.717) is 20.9 Å². The molecule has 0 aliphatic carbocycles. The number of halogens is 1. The summed E-state index contributed by atoms with van der Waals surface area (Å²) in [6.45, 7) is 0.933. The molecule has 1 fully saturated rings. The molecule has 1 aliphatic heterocycles. The number of rotatable bonds is 4. The zero-order chi connectivity index (χ0) is 13.9. The number of amides is 1. The van der Waals surface area contributed by atoms with Gasteiger partial charge in [0.05, 0.1) is 15.8 Å². The van der Waals surface area contributed by atoms with Gasteiger partial charge in [-0.1, -0.05) is 16.8 Å². The first-order valence-electron chi connectivity index (χ1n) is 6.20. The Balaban J connectivity index is 1.57. The van der Waals surface area contributed by atoms with E-state index in [-0.39, 0.29) is 18.6 Å². The third-order valence-electron chi connectivity index (χ3n) is 2.89. The number of carbonyl (C=O) groups is 1. The maximum atomic E-state index is 11.8. The SMILES string of the molecule is O=C(NCc1noc(C2CCCO2)n1)c1ccc(Cl)s1. The summed E-state index contributed by atoms with van der Waals surface area (Å²) in [6.07, 6.45) is 1.78. The molecule has 0 aromatic carbocycles. The first-order valence-corrected chi connectivity index (χ1v) is 7.39. The molecule has 0 radical (unpaired) electrons. The molecule has 20 heavy (non-hydrogen) atoms. The smallest absolute Gasteiger partial charge is 0.261 e. The molecule has 0 saturated carbocycles. The van der Waals surface area contributed by atoms with Gasteiger partial charge >= 0.3 is 0 Å². The summed E-state index contributed by atoms with van der Waals surface area (Å²) in [5.41, 5.74) is 0. The summed E-state index contributed by atoms with van der Waals surface area (Å²) in [4.78, 5) is 16.6. The predicted molar refractivity (Wildman–Crippen MR) is 72.7 cm³/mol. The number of thiophene rings is 1. The molecule has 6 nitrogen and oxygen atoms in total. The van der Waals surface area contributed by atoms with E-state index in [4.69, 9.17) is 20.9 Å². The monoisotopic (exact) mass is 313 g/mol. The van der Waals surface area contributed by atoms with Crippen LogP contribution >= 0.6 is 22.9 Å². The fraction of sp³-hybridized carbons (Fsp3) is 0.417. The normalized spacial score (nSPS) is 18.4. The summed E-state index contributed by atoms with van der Waals surface area (Å²) < 4.78 is 11.2. The maximum absolute atomic E-state index is 11.8. The van der Waals surface area contributed by atoms with Crippen LogP contribution in [0.5, 0.6) is 0 Å². The highest BCUT2D eigenvalue weighted by atomic mass is 35.5. The quantitative estimate of drug-likeness (QED) is 0.938. The number of hydrogen-bond donors (Lipinski definition) is 1. The molecule has 3 heterocycles. The summed E-state index contributed by atoms with van der Waals surface area (Å²) in [7, 11) is 0. The molecule has 2 aromatic rings. The number of nitrogens with zero attached hydrogens (tertiary/aromatic N) is 2. The fourth-order valence-corrected chi connectivity index (χ4v) is 2.88. The topological polar surface area (TPSA) is 77.2 Å². The average Bonchev–Trinajstić information content (AvgIpc) is 3.16. The lowest BCUT2D eigenvalue weighted by atomic mass is 10.2. The Hall–Kier alpha value is -1.44. The molecular formula is C12H12ClN3O3S. The van der Waals surface area contributed by atoms with E-state index in [1.165, 1.54) is 11.3 Å². The van der Waals surface area contributed by atoms with Crippen molar-refractivity contribution in [1.29, 1.82) is 0 Å². The maximum Gasteiger partial charge on any atom is 0.261 e. The van der Waals surface area contributed by atoms with Crippen molar-refractivity contribution in [3.63, 3.8) is 0 Å². The lowest BCUT2D eigenvalue weighted by molar-refractivity contribution is 0.0835. The summed E-state index contributed by atoms with van der Waals surface area (Å²) in [6, 6.07) is 3.36. The standard InChI is InChI=1S/C12H12ClN3O3S/c13-9-4-3-8(20-9)11(17)14-6-10-15-12(19-16-10)7-2-1-5-18-7/h3-4,7H,1-2,5-6H2,(H,14,17). The van der Waals surface area contributed by atoms with Gasteiger partial charge in [-0.15, -0.1) is 11.3 Å². The van der Waals surface area contributed by atoms with E-state index in [1.807, 2.05) is 0 Å². The van der Waals surface area contributed by atoms with E-state index in [0.717, 1.165) is 19.4 Å². The minimum absolute atomic E-state index is 0.108. The van der Waals surface area contributed by atoms with Gasteiger partial charge in [-0.25, -0.2) is 0 Å². The molecule has 3 rings (SSSR count). The van der Waals surface area contributed by atoms with E-state index in [9.17, 15) is 4.79 Å². The molecule has 1 N–H and O–H groups in total. The summed E-state index contributed by atoms with van der Waals surface area (Å²) in [5.74, 6) is 0.711. The van der Waals surface area contributed by atoms with Crippen molar-refractivity contribution >= 4 is 28.8 Å². The minimum atomic E-state index is -0.203. The molecule has 1 saturated heterocycles. The van der Waals surface area contributed by atoms with Crippen molar-refractivity contribution in [1.82, 2.24) is 15.5 Å². The Kier molecular flexibility index (Phi) is 4.00. The molecule has 1 aliphatic rings. The van der Waals surface area contributed by atoms with E-state index >= 15 is 0 Å². The zero-order valence-electron chi connectivity index (χ0n) is 10.5. The van der Waals surface area contributed by atoms with Crippen molar-refractivity contribution in [3.05, 3.63) is 33.1 Å². The molecule has 1 amide bonds. The molecule has 1 unspecified atom stereocenters. The first-order chi connectivity index (χ1) is 9.72. The van der Waals surface area contributed by atoms with Gasteiger partial charge in [-0.05, 0) is 25.0 Å². The third kappa shape index (κ3) is 3.00. The van der Waals surface area contributed by atoms with Gasteiger partial charge in [-0.3, -0.25) is 4.79 Å². The van der Waals surface area contributed by atoms with Crippen LogP contribution in [-0.4, -0.2) is 22.7 Å². The van der Waals surface area contributed by atoms with Gasteiger partial charge in [-0.2, -0.15) is 4.98 Å². The van der Waals surface area contributed by atoms with Crippen LogP contribution in [0.1, 0.15) is 40.3 Å². The van der Waals surface area contributed by atoms with Crippen LogP contribution in [0, 0.1) is 0 Å². The van der Waals surface area contributed by atoms with Crippen LogP contribution < -0.4 is 5.32 Å². The summed E-state index contributed by atoms with van der Waals surface area (Å²) in [5, 5.41) is 6.55. The molecule has 8 heteroatoms. The number of nitrogens with one attached hydrogen (secondary N) is 1. The largest absolute Gasteiger partial charge is 0.368 e. The number of hydrogen-bond acceptors (Lipinski definition) is 6. The van der Waals surface area contributed by atoms with Crippen LogP contribution in [-0.2, 0) is 11.3 Å².